The molecule has 0 bridgehead atoms. The third-order valence-electron chi connectivity index (χ3n) is 3.45. The second kappa shape index (κ2) is 7.19. The fraction of sp³-hybridized carbons (Fsp3) is 0.167. The molecule has 0 atom stereocenters. The van der Waals surface area contributed by atoms with E-state index in [4.69, 9.17) is 20.8 Å². The van der Waals surface area contributed by atoms with Crippen LogP contribution in [0.15, 0.2) is 59.2 Å². The highest BCUT2D eigenvalue weighted by molar-refractivity contribution is 6.17. The zero-order valence-corrected chi connectivity index (χ0v) is 13.6. The van der Waals surface area contributed by atoms with Gasteiger partial charge in [-0.25, -0.2) is 4.98 Å². The Morgan fingerprint density at radius 3 is 2.52 bits per heavy atom. The van der Waals surface area contributed by atoms with Crippen LogP contribution in [0.25, 0.3) is 11.5 Å². The van der Waals surface area contributed by atoms with Crippen LogP contribution in [-0.4, -0.2) is 4.98 Å². The molecule has 3 aromatic rings. The molecular formula is C18H13ClF3NO2. The molecule has 25 heavy (non-hydrogen) atoms. The molecule has 0 aliphatic rings. The van der Waals surface area contributed by atoms with Crippen LogP contribution in [0.3, 0.4) is 0 Å². The third-order valence-corrected chi connectivity index (χ3v) is 3.76. The summed E-state index contributed by atoms with van der Waals surface area (Å²) in [4.78, 5) is 4.23. The third kappa shape index (κ3) is 4.33. The Balaban J connectivity index is 1.68. The maximum atomic E-state index is 12.6. The van der Waals surface area contributed by atoms with Crippen LogP contribution in [0.4, 0.5) is 13.2 Å². The number of nitrogens with zero attached hydrogens (tertiary/aromatic N) is 1. The summed E-state index contributed by atoms with van der Waals surface area (Å²) in [7, 11) is 0. The molecule has 2 aromatic carbocycles. The first-order valence-electron chi connectivity index (χ1n) is 7.35. The topological polar surface area (TPSA) is 35.3 Å². The van der Waals surface area contributed by atoms with E-state index in [0.717, 1.165) is 17.7 Å². The van der Waals surface area contributed by atoms with Gasteiger partial charge in [-0.1, -0.05) is 12.1 Å². The van der Waals surface area contributed by atoms with Crippen LogP contribution in [0.1, 0.15) is 16.8 Å². The van der Waals surface area contributed by atoms with Crippen molar-refractivity contribution in [3.05, 3.63) is 71.6 Å². The minimum atomic E-state index is -4.37. The van der Waals surface area contributed by atoms with Gasteiger partial charge >= 0.3 is 6.18 Å². The molecule has 1 heterocycles. The van der Waals surface area contributed by atoms with E-state index < -0.39 is 11.7 Å². The highest BCUT2D eigenvalue weighted by Crippen LogP contribution is 2.30. The summed E-state index contributed by atoms with van der Waals surface area (Å²) < 4.78 is 48.7. The van der Waals surface area contributed by atoms with E-state index >= 15 is 0 Å². The molecule has 0 aliphatic carbocycles. The summed E-state index contributed by atoms with van der Waals surface area (Å²) in [5.41, 5.74) is 1.21. The molecule has 0 radical (unpaired) electrons. The van der Waals surface area contributed by atoms with Crippen molar-refractivity contribution in [3.8, 4) is 17.2 Å². The van der Waals surface area contributed by atoms with Crippen molar-refractivity contribution < 1.29 is 22.3 Å². The Hall–Kier alpha value is -2.47. The van der Waals surface area contributed by atoms with Gasteiger partial charge in [-0.2, -0.15) is 13.2 Å². The highest BCUT2D eigenvalue weighted by atomic mass is 35.5. The number of rotatable bonds is 5. The lowest BCUT2D eigenvalue weighted by molar-refractivity contribution is -0.137. The van der Waals surface area contributed by atoms with E-state index in [1.165, 1.54) is 18.4 Å². The van der Waals surface area contributed by atoms with Crippen LogP contribution in [0.5, 0.6) is 5.75 Å². The second-order valence-electron chi connectivity index (χ2n) is 5.29. The van der Waals surface area contributed by atoms with Crippen molar-refractivity contribution in [2.45, 2.75) is 18.7 Å². The summed E-state index contributed by atoms with van der Waals surface area (Å²) in [5, 5.41) is 0. The molecule has 0 unspecified atom stereocenters. The van der Waals surface area contributed by atoms with E-state index in [9.17, 15) is 13.2 Å². The monoisotopic (exact) mass is 367 g/mol. The van der Waals surface area contributed by atoms with Gasteiger partial charge in [0.05, 0.1) is 5.56 Å². The lowest BCUT2D eigenvalue weighted by Gasteiger charge is -2.06. The maximum absolute atomic E-state index is 12.6. The number of alkyl halides is 4. The van der Waals surface area contributed by atoms with Gasteiger partial charge in [-0.05, 0) is 42.0 Å². The van der Waals surface area contributed by atoms with Crippen molar-refractivity contribution in [1.29, 1.82) is 0 Å². The highest BCUT2D eigenvalue weighted by Gasteiger charge is 2.30. The smallest absolute Gasteiger partial charge is 0.416 e. The molecule has 0 aliphatic heterocycles. The molecular weight excluding hydrogens is 355 g/mol. The van der Waals surface area contributed by atoms with Gasteiger partial charge in [0, 0.05) is 11.4 Å². The van der Waals surface area contributed by atoms with Gasteiger partial charge in [-0.3, -0.25) is 0 Å². The molecule has 7 heteroatoms. The molecule has 3 nitrogen and oxygen atoms in total. The van der Waals surface area contributed by atoms with E-state index in [2.05, 4.69) is 4.98 Å². The van der Waals surface area contributed by atoms with Crippen molar-refractivity contribution in [3.63, 3.8) is 0 Å². The summed E-state index contributed by atoms with van der Waals surface area (Å²) in [6.45, 7) is 0.176. The fourth-order valence-corrected chi connectivity index (χ4v) is 2.35. The van der Waals surface area contributed by atoms with Crippen LogP contribution >= 0.6 is 11.6 Å². The van der Waals surface area contributed by atoms with Gasteiger partial charge in [0.2, 0.25) is 5.89 Å². The van der Waals surface area contributed by atoms with Crippen LogP contribution in [-0.2, 0) is 18.7 Å². The lowest BCUT2D eigenvalue weighted by atomic mass is 10.1. The van der Waals surface area contributed by atoms with E-state index in [0.29, 0.717) is 22.9 Å². The number of hydrogen-bond donors (Lipinski definition) is 0. The zero-order valence-electron chi connectivity index (χ0n) is 12.9. The first-order chi connectivity index (χ1) is 12.0. The van der Waals surface area contributed by atoms with Crippen LogP contribution in [0.2, 0.25) is 0 Å². The molecule has 0 saturated heterocycles. The standard InChI is InChI=1S/C18H13ClF3NO2/c19-9-12-2-1-3-16(8-12)24-10-15-11-25-17(23-15)13-4-6-14(7-5-13)18(20,21)22/h1-8,11H,9-10H2. The predicted molar refractivity (Wildman–Crippen MR) is 87.3 cm³/mol. The molecule has 0 N–H and O–H groups in total. The minimum absolute atomic E-state index is 0.176. The number of benzene rings is 2. The van der Waals surface area contributed by atoms with Crippen molar-refractivity contribution >= 4 is 11.6 Å². The van der Waals surface area contributed by atoms with Crippen LogP contribution in [0, 0.1) is 0 Å². The summed E-state index contributed by atoms with van der Waals surface area (Å²) in [5.74, 6) is 1.28. The quantitative estimate of drug-likeness (QED) is 0.544. The first kappa shape index (κ1) is 17.4. The molecule has 1 aromatic heterocycles. The Morgan fingerprint density at radius 2 is 1.84 bits per heavy atom. The van der Waals surface area contributed by atoms with Crippen LogP contribution < -0.4 is 4.74 Å². The average Bonchev–Trinajstić information content (AvgIpc) is 3.08. The number of aromatic nitrogens is 1. The number of oxazole rings is 1. The molecule has 3 rings (SSSR count). The van der Waals surface area contributed by atoms with Gasteiger partial charge in [0.15, 0.2) is 0 Å². The summed E-state index contributed by atoms with van der Waals surface area (Å²) in [6.07, 6.45) is -2.95. The summed E-state index contributed by atoms with van der Waals surface area (Å²) in [6, 6.07) is 12.0. The van der Waals surface area contributed by atoms with E-state index in [-0.39, 0.29) is 12.5 Å². The number of ether oxygens (including phenoxy) is 1. The average molecular weight is 368 g/mol. The van der Waals surface area contributed by atoms with E-state index in [1.807, 2.05) is 18.2 Å². The Labute approximate surface area is 147 Å². The normalized spacial score (nSPS) is 11.5. The SMILES string of the molecule is FC(F)(F)c1ccc(-c2nc(COc3cccc(CCl)c3)co2)cc1. The van der Waals surface area contributed by atoms with Gasteiger partial charge < -0.3 is 9.15 Å². The lowest BCUT2D eigenvalue weighted by Crippen LogP contribution is -2.04. The first-order valence-corrected chi connectivity index (χ1v) is 7.89. The second-order valence-corrected chi connectivity index (χ2v) is 5.56. The summed E-state index contributed by atoms with van der Waals surface area (Å²) >= 11 is 5.77. The van der Waals surface area contributed by atoms with Gasteiger partial charge in [0.1, 0.15) is 24.3 Å². The molecule has 0 spiro atoms. The molecule has 0 amide bonds. The van der Waals surface area contributed by atoms with Crippen molar-refractivity contribution in [2.75, 3.05) is 0 Å². The van der Waals surface area contributed by atoms with E-state index in [1.54, 1.807) is 6.07 Å². The van der Waals surface area contributed by atoms with Crippen molar-refractivity contribution in [1.82, 2.24) is 4.98 Å². The van der Waals surface area contributed by atoms with Gasteiger partial charge in [0.25, 0.3) is 0 Å². The maximum Gasteiger partial charge on any atom is 0.416 e. The number of hydrogen-bond acceptors (Lipinski definition) is 3. The van der Waals surface area contributed by atoms with Crippen molar-refractivity contribution in [2.24, 2.45) is 0 Å². The molecule has 0 fully saturated rings. The largest absolute Gasteiger partial charge is 0.487 e. The zero-order chi connectivity index (χ0) is 17.9. The Morgan fingerprint density at radius 1 is 1.08 bits per heavy atom. The minimum Gasteiger partial charge on any atom is -0.487 e. The Bertz CT molecular complexity index is 844. The van der Waals surface area contributed by atoms with Gasteiger partial charge in [-0.15, -0.1) is 11.6 Å². The molecule has 130 valence electrons. The fourth-order valence-electron chi connectivity index (χ4n) is 2.18. The molecule has 0 saturated carbocycles. The predicted octanol–water partition coefficient (Wildman–Crippen LogP) is 5.68. The number of halogens is 4. The Kier molecular flexibility index (Phi) is 4.99.